The molecule has 1 N–H and O–H groups in total. The Bertz CT molecular complexity index is 384. The van der Waals surface area contributed by atoms with E-state index in [0.717, 1.165) is 24.6 Å². The van der Waals surface area contributed by atoms with E-state index in [-0.39, 0.29) is 11.7 Å². The molecule has 3 heteroatoms. The van der Waals surface area contributed by atoms with Crippen molar-refractivity contribution in [3.8, 4) is 0 Å². The number of hydrogen-bond donors (Lipinski definition) is 1. The smallest absolute Gasteiger partial charge is 0.138 e. The topological polar surface area (TPSA) is 29.1 Å². The van der Waals surface area contributed by atoms with Crippen molar-refractivity contribution in [1.82, 2.24) is 5.32 Å². The van der Waals surface area contributed by atoms with Gasteiger partial charge in [0, 0.05) is 11.6 Å². The summed E-state index contributed by atoms with van der Waals surface area (Å²) in [6, 6.07) is 7.56. The molecule has 1 atom stereocenters. The minimum Gasteiger partial charge on any atom is -0.315 e. The minimum atomic E-state index is -0.0500. The average Bonchev–Trinajstić information content (AvgIpc) is 3.09. The lowest BCUT2D eigenvalue weighted by Gasteiger charge is -2.15. The third-order valence-corrected chi connectivity index (χ3v) is 3.49. The number of carbonyl (C=O) groups excluding carboxylic acids is 1. The first-order valence-electron chi connectivity index (χ1n) is 6.13. The Morgan fingerprint density at radius 3 is 2.59 bits per heavy atom. The quantitative estimate of drug-likeness (QED) is 0.842. The fourth-order valence-corrected chi connectivity index (χ4v) is 2.07. The fourth-order valence-electron chi connectivity index (χ4n) is 1.95. The van der Waals surface area contributed by atoms with E-state index in [9.17, 15) is 4.79 Å². The number of nitrogens with one attached hydrogen (secondary N) is 1. The molecule has 0 spiro atoms. The molecule has 1 fully saturated rings. The van der Waals surface area contributed by atoms with E-state index in [1.54, 1.807) is 6.92 Å². The molecule has 0 bridgehead atoms. The Kier molecular flexibility index (Phi) is 4.19. The van der Waals surface area contributed by atoms with Gasteiger partial charge in [0.25, 0.3) is 0 Å². The van der Waals surface area contributed by atoms with Crippen LogP contribution in [-0.2, 0) is 4.79 Å². The molecular formula is C14H18ClNO. The summed E-state index contributed by atoms with van der Waals surface area (Å²) < 4.78 is 0. The van der Waals surface area contributed by atoms with Gasteiger partial charge in [-0.05, 0) is 49.9 Å². The summed E-state index contributed by atoms with van der Waals surface area (Å²) in [7, 11) is 0. The molecule has 0 unspecified atom stereocenters. The van der Waals surface area contributed by atoms with Crippen LogP contribution in [0.3, 0.4) is 0 Å². The van der Waals surface area contributed by atoms with Gasteiger partial charge < -0.3 is 5.32 Å². The van der Waals surface area contributed by atoms with Gasteiger partial charge in [0.2, 0.25) is 0 Å². The van der Waals surface area contributed by atoms with Gasteiger partial charge in [-0.15, -0.1) is 0 Å². The second kappa shape index (κ2) is 5.65. The van der Waals surface area contributed by atoms with Crippen LogP contribution >= 0.6 is 11.6 Å². The van der Waals surface area contributed by atoms with E-state index in [1.165, 1.54) is 12.8 Å². The van der Waals surface area contributed by atoms with Gasteiger partial charge in [0.05, 0.1) is 5.92 Å². The number of hydrogen-bond acceptors (Lipinski definition) is 2. The van der Waals surface area contributed by atoms with Gasteiger partial charge in [-0.2, -0.15) is 0 Å². The summed E-state index contributed by atoms with van der Waals surface area (Å²) in [5.74, 6) is 0.995. The molecule has 0 heterocycles. The molecule has 1 saturated carbocycles. The Morgan fingerprint density at radius 2 is 2.06 bits per heavy atom. The predicted octanol–water partition coefficient (Wildman–Crippen LogP) is 3.01. The van der Waals surface area contributed by atoms with Gasteiger partial charge in [-0.25, -0.2) is 0 Å². The maximum atomic E-state index is 11.6. The maximum Gasteiger partial charge on any atom is 0.138 e. The normalized spacial score (nSPS) is 16.8. The van der Waals surface area contributed by atoms with Crippen molar-refractivity contribution in [2.24, 2.45) is 5.92 Å². The molecule has 2 rings (SSSR count). The van der Waals surface area contributed by atoms with Crippen LogP contribution in [0.25, 0.3) is 0 Å². The Hall–Kier alpha value is -0.860. The number of ketones is 1. The zero-order valence-electron chi connectivity index (χ0n) is 10.1. The summed E-state index contributed by atoms with van der Waals surface area (Å²) in [5.41, 5.74) is 1.05. The van der Waals surface area contributed by atoms with Crippen LogP contribution in [-0.4, -0.2) is 18.9 Å². The highest BCUT2D eigenvalue weighted by atomic mass is 35.5. The molecule has 0 radical (unpaired) electrons. The van der Waals surface area contributed by atoms with Crippen molar-refractivity contribution in [3.63, 3.8) is 0 Å². The number of rotatable bonds is 6. The van der Waals surface area contributed by atoms with Crippen LogP contribution in [0.1, 0.15) is 31.2 Å². The van der Waals surface area contributed by atoms with E-state index in [4.69, 9.17) is 11.6 Å². The third kappa shape index (κ3) is 3.83. The molecule has 2 nitrogen and oxygen atoms in total. The largest absolute Gasteiger partial charge is 0.315 e. The van der Waals surface area contributed by atoms with E-state index >= 15 is 0 Å². The lowest BCUT2D eigenvalue weighted by molar-refractivity contribution is -0.118. The standard InChI is InChI=1S/C14H18ClNO/c1-10(17)14(9-16-8-11-2-3-11)12-4-6-13(15)7-5-12/h4-7,11,14,16H,2-3,8-9H2,1H3/t14-/m1/s1. The monoisotopic (exact) mass is 251 g/mol. The van der Waals surface area contributed by atoms with Crippen LogP contribution in [0.15, 0.2) is 24.3 Å². The molecular weight excluding hydrogens is 234 g/mol. The maximum absolute atomic E-state index is 11.6. The van der Waals surface area contributed by atoms with E-state index in [1.807, 2.05) is 24.3 Å². The van der Waals surface area contributed by atoms with E-state index < -0.39 is 0 Å². The Balaban J connectivity index is 1.95. The molecule has 0 aromatic heterocycles. The number of halogens is 1. The first-order chi connectivity index (χ1) is 8.16. The highest BCUT2D eigenvalue weighted by molar-refractivity contribution is 6.30. The minimum absolute atomic E-state index is 0.0500. The summed E-state index contributed by atoms with van der Waals surface area (Å²) >= 11 is 5.85. The van der Waals surface area contributed by atoms with Gasteiger partial charge in [-0.3, -0.25) is 4.79 Å². The van der Waals surface area contributed by atoms with Crippen molar-refractivity contribution in [2.45, 2.75) is 25.7 Å². The molecule has 1 aliphatic rings. The lowest BCUT2D eigenvalue weighted by Crippen LogP contribution is -2.27. The highest BCUT2D eigenvalue weighted by Crippen LogP contribution is 2.28. The van der Waals surface area contributed by atoms with Crippen LogP contribution in [0.4, 0.5) is 0 Å². The van der Waals surface area contributed by atoms with Crippen molar-refractivity contribution >= 4 is 17.4 Å². The molecule has 0 amide bonds. The SMILES string of the molecule is CC(=O)[C@@H](CNCC1CC1)c1ccc(Cl)cc1. The Morgan fingerprint density at radius 1 is 1.41 bits per heavy atom. The summed E-state index contributed by atoms with van der Waals surface area (Å²) in [6.07, 6.45) is 2.66. The number of carbonyl (C=O) groups is 1. The van der Waals surface area contributed by atoms with Gasteiger partial charge >= 0.3 is 0 Å². The Labute approximate surface area is 107 Å². The zero-order chi connectivity index (χ0) is 12.3. The first-order valence-corrected chi connectivity index (χ1v) is 6.51. The van der Waals surface area contributed by atoms with Gasteiger partial charge in [-0.1, -0.05) is 23.7 Å². The molecule has 1 aromatic rings. The van der Waals surface area contributed by atoms with Gasteiger partial charge in [0.1, 0.15) is 5.78 Å². The van der Waals surface area contributed by atoms with E-state index in [2.05, 4.69) is 5.32 Å². The summed E-state index contributed by atoms with van der Waals surface area (Å²) in [6.45, 7) is 3.42. The molecule has 17 heavy (non-hydrogen) atoms. The fraction of sp³-hybridized carbons (Fsp3) is 0.500. The van der Waals surface area contributed by atoms with Crippen molar-refractivity contribution in [3.05, 3.63) is 34.9 Å². The van der Waals surface area contributed by atoms with E-state index in [0.29, 0.717) is 5.02 Å². The summed E-state index contributed by atoms with van der Waals surface area (Å²) in [4.78, 5) is 11.6. The highest BCUT2D eigenvalue weighted by Gasteiger charge is 2.22. The molecule has 1 aromatic carbocycles. The number of Topliss-reactive ketones (excluding diaryl/α,β-unsaturated/α-hetero) is 1. The molecule has 1 aliphatic carbocycles. The van der Waals surface area contributed by atoms with Crippen LogP contribution < -0.4 is 5.32 Å². The summed E-state index contributed by atoms with van der Waals surface area (Å²) in [5, 5.41) is 4.10. The molecule has 0 aliphatic heterocycles. The average molecular weight is 252 g/mol. The zero-order valence-corrected chi connectivity index (χ0v) is 10.8. The third-order valence-electron chi connectivity index (χ3n) is 3.24. The van der Waals surface area contributed by atoms with Crippen molar-refractivity contribution < 1.29 is 4.79 Å². The first kappa shape index (κ1) is 12.6. The van der Waals surface area contributed by atoms with Crippen molar-refractivity contribution in [2.75, 3.05) is 13.1 Å². The second-order valence-corrected chi connectivity index (χ2v) is 5.25. The second-order valence-electron chi connectivity index (χ2n) is 4.82. The molecule has 92 valence electrons. The van der Waals surface area contributed by atoms with Crippen LogP contribution in [0, 0.1) is 5.92 Å². The van der Waals surface area contributed by atoms with Gasteiger partial charge in [0.15, 0.2) is 0 Å². The predicted molar refractivity (Wildman–Crippen MR) is 70.5 cm³/mol. The number of benzene rings is 1. The lowest BCUT2D eigenvalue weighted by atomic mass is 9.95. The van der Waals surface area contributed by atoms with Crippen LogP contribution in [0.2, 0.25) is 5.02 Å². The molecule has 0 saturated heterocycles. The van der Waals surface area contributed by atoms with Crippen molar-refractivity contribution in [1.29, 1.82) is 0 Å². The van der Waals surface area contributed by atoms with Crippen LogP contribution in [0.5, 0.6) is 0 Å².